The van der Waals surface area contributed by atoms with E-state index >= 15 is 0 Å². The van der Waals surface area contributed by atoms with E-state index in [1.165, 1.54) is 0 Å². The number of benzene rings is 1. The Labute approximate surface area is 161 Å². The highest BCUT2D eigenvalue weighted by Crippen LogP contribution is 2.41. The first-order valence-corrected chi connectivity index (χ1v) is 8.82. The number of carbonyl (C=O) groups excluding carboxylic acids is 1. The van der Waals surface area contributed by atoms with Crippen LogP contribution in [0.3, 0.4) is 0 Å². The number of nitrogens with zero attached hydrogens (tertiary/aromatic N) is 2. The van der Waals surface area contributed by atoms with Crippen molar-refractivity contribution in [1.29, 1.82) is 0 Å². The van der Waals surface area contributed by atoms with Gasteiger partial charge in [0.1, 0.15) is 17.1 Å². The number of ether oxygens (including phenoxy) is 2. The molecular formula is C21H20N4O3. The number of H-pyrrole nitrogens is 1. The van der Waals surface area contributed by atoms with Crippen LogP contribution >= 0.6 is 0 Å². The quantitative estimate of drug-likeness (QED) is 0.712. The minimum absolute atomic E-state index is 0.106. The Balaban J connectivity index is 1.87. The normalized spacial score (nSPS) is 21.0. The second kappa shape index (κ2) is 6.84. The molecule has 2 atom stereocenters. The second-order valence-electron chi connectivity index (χ2n) is 6.79. The van der Waals surface area contributed by atoms with Gasteiger partial charge in [-0.25, -0.2) is 0 Å². The first-order valence-electron chi connectivity index (χ1n) is 8.82. The maximum absolute atomic E-state index is 12.1. The molecule has 142 valence electrons. The zero-order valence-corrected chi connectivity index (χ0v) is 15.5. The fourth-order valence-electron chi connectivity index (χ4n) is 3.48. The minimum Gasteiger partial charge on any atom is -0.495 e. The smallest absolute Gasteiger partial charge is 0.252 e. The second-order valence-corrected chi connectivity index (χ2v) is 6.79. The highest BCUT2D eigenvalue weighted by Gasteiger charge is 2.37. The van der Waals surface area contributed by atoms with E-state index in [0.29, 0.717) is 22.4 Å². The van der Waals surface area contributed by atoms with E-state index < -0.39 is 11.5 Å². The third kappa shape index (κ3) is 3.00. The highest BCUT2D eigenvalue weighted by molar-refractivity contribution is 6.02. The predicted molar refractivity (Wildman–Crippen MR) is 105 cm³/mol. The zero-order chi connectivity index (χ0) is 19.7. The number of fused-ring (bicyclic) bond motifs is 1. The first kappa shape index (κ1) is 17.8. The Hall–Kier alpha value is -3.61. The van der Waals surface area contributed by atoms with Crippen LogP contribution in [0.2, 0.25) is 0 Å². The van der Waals surface area contributed by atoms with E-state index in [9.17, 15) is 4.79 Å². The summed E-state index contributed by atoms with van der Waals surface area (Å²) in [6.45, 7) is 1.96. The van der Waals surface area contributed by atoms with E-state index in [4.69, 9.17) is 15.2 Å². The number of carbonyl (C=O) groups is 1. The van der Waals surface area contributed by atoms with Gasteiger partial charge in [-0.2, -0.15) is 5.10 Å². The van der Waals surface area contributed by atoms with Gasteiger partial charge in [0.05, 0.1) is 30.6 Å². The Bertz CT molecular complexity index is 1090. The average molecular weight is 376 g/mol. The molecule has 0 fully saturated rings. The van der Waals surface area contributed by atoms with Crippen molar-refractivity contribution < 1.29 is 14.3 Å². The lowest BCUT2D eigenvalue weighted by molar-refractivity contribution is 0.0975. The number of primary amides is 1. The van der Waals surface area contributed by atoms with E-state index in [2.05, 4.69) is 15.2 Å². The molecule has 1 aliphatic carbocycles. The van der Waals surface area contributed by atoms with Crippen LogP contribution in [0.5, 0.6) is 11.5 Å². The van der Waals surface area contributed by atoms with Crippen LogP contribution in [0.25, 0.3) is 10.9 Å². The Kier molecular flexibility index (Phi) is 4.35. The molecule has 7 nitrogen and oxygen atoms in total. The third-order valence-electron chi connectivity index (χ3n) is 4.95. The SMILES string of the molecule is COc1cnc2ccc(C(N)=O)c(OC3(C)C=CC=CC3c3cn[nH]c3)c2c1. The molecule has 0 spiro atoms. The van der Waals surface area contributed by atoms with E-state index in [1.54, 1.807) is 37.7 Å². The number of nitrogens with one attached hydrogen (secondary N) is 1. The molecule has 3 N–H and O–H groups in total. The minimum atomic E-state index is -0.764. The third-order valence-corrected chi connectivity index (χ3v) is 4.95. The standard InChI is InChI=1S/C21H20N4O3/c1-21(8-4-3-5-17(21)13-10-24-25-11-13)28-19-15(20(22)26)6-7-18-16(19)9-14(27-2)12-23-18/h3-12,17H,1-2H3,(H2,22,26)(H,24,25). The van der Waals surface area contributed by atoms with Crippen molar-refractivity contribution in [3.63, 3.8) is 0 Å². The number of aromatic nitrogens is 3. The molecule has 28 heavy (non-hydrogen) atoms. The molecule has 7 heteroatoms. The summed E-state index contributed by atoms with van der Waals surface area (Å²) in [5, 5.41) is 7.55. The van der Waals surface area contributed by atoms with E-state index in [1.807, 2.05) is 37.4 Å². The summed E-state index contributed by atoms with van der Waals surface area (Å²) < 4.78 is 11.8. The van der Waals surface area contributed by atoms with Crippen LogP contribution in [-0.2, 0) is 0 Å². The van der Waals surface area contributed by atoms with Crippen molar-refractivity contribution in [3.05, 3.63) is 72.2 Å². The number of allylic oxidation sites excluding steroid dienone is 2. The van der Waals surface area contributed by atoms with Crippen molar-refractivity contribution in [2.75, 3.05) is 7.11 Å². The highest BCUT2D eigenvalue weighted by atomic mass is 16.5. The van der Waals surface area contributed by atoms with Gasteiger partial charge in [-0.1, -0.05) is 18.2 Å². The van der Waals surface area contributed by atoms with Gasteiger partial charge in [0, 0.05) is 23.1 Å². The Morgan fingerprint density at radius 1 is 1.29 bits per heavy atom. The largest absolute Gasteiger partial charge is 0.495 e. The first-order chi connectivity index (χ1) is 13.5. The summed E-state index contributed by atoms with van der Waals surface area (Å²) in [6, 6.07) is 5.18. The van der Waals surface area contributed by atoms with Crippen LogP contribution in [0, 0.1) is 0 Å². The molecule has 1 aliphatic rings. The van der Waals surface area contributed by atoms with Gasteiger partial charge in [0.25, 0.3) is 5.91 Å². The van der Waals surface area contributed by atoms with E-state index in [-0.39, 0.29) is 11.5 Å². The number of hydrogen-bond acceptors (Lipinski definition) is 5. The summed E-state index contributed by atoms with van der Waals surface area (Å²) in [6.07, 6.45) is 13.1. The van der Waals surface area contributed by atoms with Gasteiger partial charge in [-0.3, -0.25) is 14.9 Å². The molecule has 1 aromatic carbocycles. The van der Waals surface area contributed by atoms with Crippen molar-refractivity contribution in [2.45, 2.75) is 18.4 Å². The molecule has 3 aromatic rings. The van der Waals surface area contributed by atoms with E-state index in [0.717, 1.165) is 5.56 Å². The maximum atomic E-state index is 12.1. The molecule has 2 aromatic heterocycles. The zero-order valence-electron chi connectivity index (χ0n) is 15.5. The van der Waals surface area contributed by atoms with Gasteiger partial charge < -0.3 is 15.2 Å². The van der Waals surface area contributed by atoms with Crippen molar-refractivity contribution in [3.8, 4) is 11.5 Å². The lowest BCUT2D eigenvalue weighted by Gasteiger charge is -2.36. The van der Waals surface area contributed by atoms with Gasteiger partial charge >= 0.3 is 0 Å². The predicted octanol–water partition coefficient (Wildman–Crippen LogP) is 3.11. The van der Waals surface area contributed by atoms with Crippen LogP contribution in [0.15, 0.2) is 61.1 Å². The molecule has 4 rings (SSSR count). The molecule has 0 saturated heterocycles. The molecule has 2 heterocycles. The number of rotatable bonds is 5. The van der Waals surface area contributed by atoms with Gasteiger partial charge in [-0.05, 0) is 31.2 Å². The van der Waals surface area contributed by atoms with Crippen molar-refractivity contribution in [2.24, 2.45) is 5.73 Å². The summed E-state index contributed by atoms with van der Waals surface area (Å²) in [4.78, 5) is 16.5. The summed E-state index contributed by atoms with van der Waals surface area (Å²) in [7, 11) is 1.56. The lowest BCUT2D eigenvalue weighted by atomic mass is 9.81. The number of pyridine rings is 1. The summed E-state index contributed by atoms with van der Waals surface area (Å²) in [5.41, 5.74) is 6.81. The van der Waals surface area contributed by atoms with Gasteiger partial charge in [0.2, 0.25) is 0 Å². The molecule has 0 radical (unpaired) electrons. The Morgan fingerprint density at radius 3 is 2.86 bits per heavy atom. The van der Waals surface area contributed by atoms with Crippen LogP contribution < -0.4 is 15.2 Å². The number of methoxy groups -OCH3 is 1. The molecular weight excluding hydrogens is 356 g/mol. The fraction of sp³-hybridized carbons (Fsp3) is 0.190. The number of aromatic amines is 1. The summed E-state index contributed by atoms with van der Waals surface area (Å²) >= 11 is 0. The van der Waals surface area contributed by atoms with Crippen LogP contribution in [-0.4, -0.2) is 33.8 Å². The molecule has 0 saturated carbocycles. The number of amides is 1. The summed E-state index contributed by atoms with van der Waals surface area (Å²) in [5.74, 6) is 0.270. The van der Waals surface area contributed by atoms with Crippen molar-refractivity contribution >= 4 is 16.8 Å². The van der Waals surface area contributed by atoms with Crippen LogP contribution in [0.1, 0.15) is 28.8 Å². The lowest BCUT2D eigenvalue weighted by Crippen LogP contribution is -2.38. The number of hydrogen-bond donors (Lipinski definition) is 2. The van der Waals surface area contributed by atoms with Crippen molar-refractivity contribution in [1.82, 2.24) is 15.2 Å². The monoisotopic (exact) mass is 376 g/mol. The van der Waals surface area contributed by atoms with Gasteiger partial charge in [0.15, 0.2) is 0 Å². The Morgan fingerprint density at radius 2 is 2.14 bits per heavy atom. The molecule has 0 aliphatic heterocycles. The molecule has 0 bridgehead atoms. The average Bonchev–Trinajstić information content (AvgIpc) is 3.22. The fourth-order valence-corrected chi connectivity index (χ4v) is 3.48. The molecule has 2 unspecified atom stereocenters. The molecule has 1 amide bonds. The number of nitrogens with two attached hydrogens (primary N) is 1. The maximum Gasteiger partial charge on any atom is 0.252 e. The topological polar surface area (TPSA) is 103 Å². The van der Waals surface area contributed by atoms with Crippen LogP contribution in [0.4, 0.5) is 0 Å². The van der Waals surface area contributed by atoms with Gasteiger partial charge in [-0.15, -0.1) is 0 Å².